The maximum Gasteiger partial charge on any atom is 0.163 e. The third-order valence-electron chi connectivity index (χ3n) is 3.76. The van der Waals surface area contributed by atoms with Crippen molar-refractivity contribution in [2.75, 3.05) is 0 Å². The summed E-state index contributed by atoms with van der Waals surface area (Å²) in [6, 6.07) is 5.73. The Bertz CT molecular complexity index is 631. The fourth-order valence-electron chi connectivity index (χ4n) is 2.69. The Morgan fingerprint density at radius 1 is 1.35 bits per heavy atom. The highest BCUT2D eigenvalue weighted by atomic mass is 16.5. The molecule has 4 nitrogen and oxygen atoms in total. The summed E-state index contributed by atoms with van der Waals surface area (Å²) in [7, 11) is 0. The quantitative estimate of drug-likeness (QED) is 0.857. The van der Waals surface area contributed by atoms with Crippen LogP contribution >= 0.6 is 0 Å². The Kier molecular flexibility index (Phi) is 3.54. The molecule has 1 heterocycles. The van der Waals surface area contributed by atoms with Crippen LogP contribution < -0.4 is 4.74 Å². The van der Waals surface area contributed by atoms with Crippen LogP contribution in [0, 0.1) is 0 Å². The number of rotatable bonds is 4. The van der Waals surface area contributed by atoms with Gasteiger partial charge in [0.2, 0.25) is 0 Å². The van der Waals surface area contributed by atoms with E-state index in [1.54, 1.807) is 6.20 Å². The number of benzene rings is 1. The Hall–Kier alpha value is -2.10. The molecular weight excluding hydrogens is 252 g/mol. The summed E-state index contributed by atoms with van der Waals surface area (Å²) >= 11 is 0. The summed E-state index contributed by atoms with van der Waals surface area (Å²) in [5.41, 5.74) is 1.88. The average molecular weight is 270 g/mol. The largest absolute Gasteiger partial charge is 0.485 e. The van der Waals surface area contributed by atoms with E-state index in [0.717, 1.165) is 42.1 Å². The van der Waals surface area contributed by atoms with Crippen molar-refractivity contribution in [2.24, 2.45) is 0 Å². The van der Waals surface area contributed by atoms with E-state index < -0.39 is 0 Å². The van der Waals surface area contributed by atoms with E-state index in [-0.39, 0.29) is 5.78 Å². The van der Waals surface area contributed by atoms with Crippen LogP contribution in [0.25, 0.3) is 0 Å². The second-order valence-corrected chi connectivity index (χ2v) is 4.98. The lowest BCUT2D eigenvalue weighted by Gasteiger charge is -2.18. The van der Waals surface area contributed by atoms with Crippen LogP contribution in [0.1, 0.15) is 41.5 Å². The van der Waals surface area contributed by atoms with E-state index in [9.17, 15) is 4.79 Å². The number of hydrogen-bond donors (Lipinski definition) is 0. The Labute approximate surface area is 118 Å². The summed E-state index contributed by atoms with van der Waals surface area (Å²) < 4.78 is 7.96. The van der Waals surface area contributed by atoms with Gasteiger partial charge in [0, 0.05) is 36.5 Å². The number of Topliss-reactive ketones (excluding diaryl/α,β-unsaturated/α-hetero) is 1. The molecule has 0 aliphatic heterocycles. The van der Waals surface area contributed by atoms with Gasteiger partial charge < -0.3 is 9.30 Å². The van der Waals surface area contributed by atoms with E-state index in [1.165, 1.54) is 0 Å². The molecule has 20 heavy (non-hydrogen) atoms. The molecule has 4 heteroatoms. The standard InChI is InChI=1S/C16H18N2O2/c1-2-18-10-9-17-16(18)11-20-15-8-4-5-12-13(15)6-3-7-14(12)19/h4-5,8-10H,2-3,6-7,11H2,1H3. The Balaban J connectivity index is 1.81. The van der Waals surface area contributed by atoms with E-state index in [4.69, 9.17) is 4.74 Å². The zero-order chi connectivity index (χ0) is 13.9. The first-order valence-corrected chi connectivity index (χ1v) is 7.07. The third kappa shape index (κ3) is 2.33. The van der Waals surface area contributed by atoms with Crippen molar-refractivity contribution < 1.29 is 9.53 Å². The maximum absolute atomic E-state index is 11.9. The predicted molar refractivity (Wildman–Crippen MR) is 75.9 cm³/mol. The van der Waals surface area contributed by atoms with Crippen LogP contribution in [-0.4, -0.2) is 15.3 Å². The molecule has 1 aromatic heterocycles. The van der Waals surface area contributed by atoms with Crippen LogP contribution in [0.4, 0.5) is 0 Å². The lowest BCUT2D eigenvalue weighted by Crippen LogP contribution is -2.13. The molecule has 1 aliphatic rings. The molecule has 0 fully saturated rings. The zero-order valence-electron chi connectivity index (χ0n) is 11.6. The molecule has 0 bridgehead atoms. The Morgan fingerprint density at radius 2 is 2.25 bits per heavy atom. The number of nitrogens with zero attached hydrogens (tertiary/aromatic N) is 2. The van der Waals surface area contributed by atoms with Gasteiger partial charge in [-0.25, -0.2) is 4.98 Å². The highest BCUT2D eigenvalue weighted by Gasteiger charge is 2.20. The van der Waals surface area contributed by atoms with Gasteiger partial charge in [-0.05, 0) is 25.8 Å². The predicted octanol–water partition coefficient (Wildman–Crippen LogP) is 3.00. The second-order valence-electron chi connectivity index (χ2n) is 4.98. The van der Waals surface area contributed by atoms with Crippen LogP contribution in [-0.2, 0) is 19.6 Å². The number of aromatic nitrogens is 2. The number of carbonyl (C=O) groups is 1. The molecule has 1 aromatic carbocycles. The molecule has 0 amide bonds. The van der Waals surface area contributed by atoms with Crippen LogP contribution in [0.3, 0.4) is 0 Å². The first-order chi connectivity index (χ1) is 9.79. The second kappa shape index (κ2) is 5.49. The van der Waals surface area contributed by atoms with Gasteiger partial charge in [-0.3, -0.25) is 4.79 Å². The van der Waals surface area contributed by atoms with Gasteiger partial charge in [-0.1, -0.05) is 12.1 Å². The molecule has 0 atom stereocenters. The summed E-state index contributed by atoms with van der Waals surface area (Å²) in [5.74, 6) is 1.96. The fourth-order valence-corrected chi connectivity index (χ4v) is 2.69. The number of carbonyl (C=O) groups excluding carboxylic acids is 1. The lowest BCUT2D eigenvalue weighted by atomic mass is 9.90. The Morgan fingerprint density at radius 3 is 3.10 bits per heavy atom. The van der Waals surface area contributed by atoms with Crippen molar-refractivity contribution in [3.63, 3.8) is 0 Å². The molecule has 0 saturated heterocycles. The number of imidazole rings is 1. The lowest BCUT2D eigenvalue weighted by molar-refractivity contribution is 0.0971. The summed E-state index contributed by atoms with van der Waals surface area (Å²) in [6.07, 6.45) is 6.21. The fraction of sp³-hybridized carbons (Fsp3) is 0.375. The SMILES string of the molecule is CCn1ccnc1COc1cccc2c1CCCC2=O. The van der Waals surface area contributed by atoms with Crippen molar-refractivity contribution in [1.29, 1.82) is 0 Å². The monoisotopic (exact) mass is 270 g/mol. The molecule has 0 radical (unpaired) electrons. The van der Waals surface area contributed by atoms with E-state index in [0.29, 0.717) is 13.0 Å². The molecule has 0 saturated carbocycles. The summed E-state index contributed by atoms with van der Waals surface area (Å²) in [6.45, 7) is 3.39. The molecule has 0 spiro atoms. The average Bonchev–Trinajstić information content (AvgIpc) is 2.93. The van der Waals surface area contributed by atoms with Gasteiger partial charge in [0.1, 0.15) is 18.2 Å². The van der Waals surface area contributed by atoms with Crippen molar-refractivity contribution in [1.82, 2.24) is 9.55 Å². The minimum atomic E-state index is 0.228. The number of fused-ring (bicyclic) bond motifs is 1. The summed E-state index contributed by atoms with van der Waals surface area (Å²) in [4.78, 5) is 16.2. The number of hydrogen-bond acceptors (Lipinski definition) is 3. The minimum Gasteiger partial charge on any atom is -0.485 e. The molecule has 104 valence electrons. The van der Waals surface area contributed by atoms with Gasteiger partial charge in [-0.15, -0.1) is 0 Å². The highest BCUT2D eigenvalue weighted by molar-refractivity contribution is 5.99. The van der Waals surface area contributed by atoms with Gasteiger partial charge in [0.05, 0.1) is 0 Å². The van der Waals surface area contributed by atoms with Gasteiger partial charge >= 0.3 is 0 Å². The summed E-state index contributed by atoms with van der Waals surface area (Å²) in [5, 5.41) is 0. The first-order valence-electron chi connectivity index (χ1n) is 7.07. The van der Waals surface area contributed by atoms with Crippen molar-refractivity contribution >= 4 is 5.78 Å². The molecule has 0 unspecified atom stereocenters. The van der Waals surface area contributed by atoms with Gasteiger partial charge in [0.25, 0.3) is 0 Å². The maximum atomic E-state index is 11.9. The number of ether oxygens (including phenoxy) is 1. The van der Waals surface area contributed by atoms with E-state index in [1.807, 2.05) is 24.4 Å². The van der Waals surface area contributed by atoms with E-state index in [2.05, 4.69) is 16.5 Å². The number of ketones is 1. The molecule has 1 aliphatic carbocycles. The molecular formula is C16H18N2O2. The van der Waals surface area contributed by atoms with Crippen LogP contribution in [0.2, 0.25) is 0 Å². The third-order valence-corrected chi connectivity index (χ3v) is 3.76. The molecule has 2 aromatic rings. The minimum absolute atomic E-state index is 0.228. The van der Waals surface area contributed by atoms with Crippen molar-refractivity contribution in [3.8, 4) is 5.75 Å². The van der Waals surface area contributed by atoms with Crippen LogP contribution in [0.15, 0.2) is 30.6 Å². The van der Waals surface area contributed by atoms with Crippen molar-refractivity contribution in [2.45, 2.75) is 39.3 Å². The van der Waals surface area contributed by atoms with E-state index >= 15 is 0 Å². The first kappa shape index (κ1) is 12.9. The highest BCUT2D eigenvalue weighted by Crippen LogP contribution is 2.29. The van der Waals surface area contributed by atoms with Crippen molar-refractivity contribution in [3.05, 3.63) is 47.5 Å². The topological polar surface area (TPSA) is 44.1 Å². The van der Waals surface area contributed by atoms with Gasteiger partial charge in [0.15, 0.2) is 5.78 Å². The zero-order valence-corrected chi connectivity index (χ0v) is 11.6. The van der Waals surface area contributed by atoms with Gasteiger partial charge in [-0.2, -0.15) is 0 Å². The van der Waals surface area contributed by atoms with Crippen LogP contribution in [0.5, 0.6) is 5.75 Å². The smallest absolute Gasteiger partial charge is 0.163 e. The number of aryl methyl sites for hydroxylation is 1. The normalized spacial score (nSPS) is 14.2. The molecule has 3 rings (SSSR count). The molecule has 0 N–H and O–H groups in total.